The number of para-hydroxylation sites is 2. The second kappa shape index (κ2) is 8.80. The number of benzene rings is 2. The van der Waals surface area contributed by atoms with Gasteiger partial charge >= 0.3 is 5.69 Å². The summed E-state index contributed by atoms with van der Waals surface area (Å²) in [7, 11) is 2.91. The summed E-state index contributed by atoms with van der Waals surface area (Å²) in [5, 5.41) is 3.79. The van der Waals surface area contributed by atoms with E-state index in [4.69, 9.17) is 20.0 Å². The van der Waals surface area contributed by atoms with E-state index in [1.807, 2.05) is 37.3 Å². The van der Waals surface area contributed by atoms with Crippen molar-refractivity contribution in [2.24, 2.45) is 10.9 Å². The summed E-state index contributed by atoms with van der Waals surface area (Å²) in [6.45, 7) is 2.47. The molecule has 10 heteroatoms. The number of oxime groups is 1. The number of fused-ring (bicyclic) bond motifs is 1. The minimum Gasteiger partial charge on any atom is -0.495 e. The second-order valence-electron chi connectivity index (χ2n) is 6.65. The van der Waals surface area contributed by atoms with Crippen LogP contribution in [-0.4, -0.2) is 46.2 Å². The molecular weight excluding hydrogens is 412 g/mol. The maximum absolute atomic E-state index is 13.0. The lowest BCUT2D eigenvalue weighted by molar-refractivity contribution is 0.213. The van der Waals surface area contributed by atoms with E-state index in [0.717, 1.165) is 5.75 Å². The third kappa shape index (κ3) is 3.73. The Morgan fingerprint density at radius 1 is 1.12 bits per heavy atom. The number of nitrogens with one attached hydrogen (secondary N) is 1. The SMILES string of the molecule is CCOc1ccc(-c2nc(C(N)=NOC)c3[nH]c(=O)n(-c4ccccc4OC)c3n2)cc1. The molecule has 32 heavy (non-hydrogen) atoms. The van der Waals surface area contributed by atoms with E-state index < -0.39 is 5.69 Å². The first-order chi connectivity index (χ1) is 15.6. The van der Waals surface area contributed by atoms with Gasteiger partial charge in [0.25, 0.3) is 0 Å². The van der Waals surface area contributed by atoms with Gasteiger partial charge in [-0.2, -0.15) is 0 Å². The van der Waals surface area contributed by atoms with Gasteiger partial charge in [-0.25, -0.2) is 19.3 Å². The van der Waals surface area contributed by atoms with Gasteiger partial charge in [0, 0.05) is 5.56 Å². The number of methoxy groups -OCH3 is 1. The highest BCUT2D eigenvalue weighted by Crippen LogP contribution is 2.27. The molecule has 0 radical (unpaired) electrons. The van der Waals surface area contributed by atoms with Crippen LogP contribution in [0.4, 0.5) is 0 Å². The standard InChI is InChI=1S/C22H22N6O4/c1-4-32-14-11-9-13(10-12-14)20-24-17(19(23)27-31-3)18-21(26-20)28(22(29)25-18)15-7-5-6-8-16(15)30-2/h5-12H,4H2,1-3H3,(H2,23,27)(H,25,29). The van der Waals surface area contributed by atoms with Crippen LogP contribution in [-0.2, 0) is 4.84 Å². The van der Waals surface area contributed by atoms with E-state index in [9.17, 15) is 4.79 Å². The lowest BCUT2D eigenvalue weighted by atomic mass is 10.2. The highest BCUT2D eigenvalue weighted by molar-refractivity contribution is 6.05. The quantitative estimate of drug-likeness (QED) is 0.260. The highest BCUT2D eigenvalue weighted by atomic mass is 16.6. The number of rotatable bonds is 7. The Bertz CT molecular complexity index is 1340. The van der Waals surface area contributed by atoms with Crippen molar-refractivity contribution in [3.63, 3.8) is 0 Å². The van der Waals surface area contributed by atoms with Gasteiger partial charge in [0.1, 0.15) is 29.8 Å². The van der Waals surface area contributed by atoms with Gasteiger partial charge < -0.3 is 25.0 Å². The first-order valence-electron chi connectivity index (χ1n) is 9.83. The van der Waals surface area contributed by atoms with Gasteiger partial charge in [0.2, 0.25) is 0 Å². The number of imidazole rings is 1. The number of nitrogens with two attached hydrogens (primary N) is 1. The molecule has 4 rings (SSSR count). The molecule has 10 nitrogen and oxygen atoms in total. The van der Waals surface area contributed by atoms with Crippen LogP contribution in [0.25, 0.3) is 28.2 Å². The number of nitrogens with zero attached hydrogens (tertiary/aromatic N) is 4. The van der Waals surface area contributed by atoms with E-state index in [1.54, 1.807) is 18.2 Å². The zero-order valence-corrected chi connectivity index (χ0v) is 17.8. The Morgan fingerprint density at radius 3 is 2.56 bits per heavy atom. The fourth-order valence-electron chi connectivity index (χ4n) is 3.35. The van der Waals surface area contributed by atoms with Gasteiger partial charge in [0.05, 0.1) is 19.4 Å². The largest absolute Gasteiger partial charge is 0.495 e. The highest BCUT2D eigenvalue weighted by Gasteiger charge is 2.21. The summed E-state index contributed by atoms with van der Waals surface area (Å²) in [6, 6.07) is 14.5. The fraction of sp³-hybridized carbons (Fsp3) is 0.182. The van der Waals surface area contributed by atoms with Crippen molar-refractivity contribution < 1.29 is 14.3 Å². The first kappa shape index (κ1) is 20.9. The lowest BCUT2D eigenvalue weighted by Gasteiger charge is -2.10. The molecule has 0 aliphatic heterocycles. The van der Waals surface area contributed by atoms with Gasteiger partial charge in [0.15, 0.2) is 17.3 Å². The third-order valence-electron chi connectivity index (χ3n) is 4.72. The molecule has 0 bridgehead atoms. The van der Waals surface area contributed by atoms with Crippen LogP contribution in [0.2, 0.25) is 0 Å². The summed E-state index contributed by atoms with van der Waals surface area (Å²) in [5.41, 5.74) is 7.80. The minimum absolute atomic E-state index is 0.000475. The number of H-pyrrole nitrogens is 1. The molecule has 0 atom stereocenters. The van der Waals surface area contributed by atoms with Gasteiger partial charge in [-0.05, 0) is 43.3 Å². The number of amidine groups is 1. The van der Waals surface area contributed by atoms with E-state index in [0.29, 0.717) is 40.6 Å². The first-order valence-corrected chi connectivity index (χ1v) is 9.83. The maximum atomic E-state index is 13.0. The van der Waals surface area contributed by atoms with Crippen LogP contribution < -0.4 is 20.9 Å². The summed E-state index contributed by atoms with van der Waals surface area (Å²) >= 11 is 0. The van der Waals surface area contributed by atoms with Crippen molar-refractivity contribution in [1.29, 1.82) is 0 Å². The summed E-state index contributed by atoms with van der Waals surface area (Å²) in [4.78, 5) is 29.8. The lowest BCUT2D eigenvalue weighted by Crippen LogP contribution is -2.17. The normalized spacial score (nSPS) is 11.5. The average Bonchev–Trinajstić information content (AvgIpc) is 3.14. The Hall–Kier alpha value is -4.34. The minimum atomic E-state index is -0.422. The molecule has 0 aliphatic carbocycles. The van der Waals surface area contributed by atoms with Crippen molar-refractivity contribution in [2.45, 2.75) is 6.92 Å². The number of aromatic amines is 1. The van der Waals surface area contributed by atoms with Gasteiger partial charge in [-0.15, -0.1) is 0 Å². The van der Waals surface area contributed by atoms with Crippen LogP contribution in [0.5, 0.6) is 11.5 Å². The molecule has 0 amide bonds. The predicted molar refractivity (Wildman–Crippen MR) is 120 cm³/mol. The number of aromatic nitrogens is 4. The van der Waals surface area contributed by atoms with Crippen molar-refractivity contribution in [1.82, 2.24) is 19.5 Å². The third-order valence-corrected chi connectivity index (χ3v) is 4.72. The van der Waals surface area contributed by atoms with Crippen molar-refractivity contribution in [3.05, 3.63) is 64.7 Å². The molecule has 0 saturated carbocycles. The fourth-order valence-corrected chi connectivity index (χ4v) is 3.35. The van der Waals surface area contributed by atoms with E-state index in [-0.39, 0.29) is 11.5 Å². The molecule has 2 heterocycles. The van der Waals surface area contributed by atoms with E-state index in [1.165, 1.54) is 18.8 Å². The summed E-state index contributed by atoms with van der Waals surface area (Å²) < 4.78 is 12.4. The molecule has 3 N–H and O–H groups in total. The Balaban J connectivity index is 2.00. The number of hydrogen-bond acceptors (Lipinski definition) is 7. The maximum Gasteiger partial charge on any atom is 0.332 e. The van der Waals surface area contributed by atoms with Gasteiger partial charge in [-0.1, -0.05) is 17.3 Å². The number of ether oxygens (including phenoxy) is 2. The van der Waals surface area contributed by atoms with E-state index in [2.05, 4.69) is 20.1 Å². The van der Waals surface area contributed by atoms with Crippen LogP contribution in [0.15, 0.2) is 58.5 Å². The molecule has 0 unspecified atom stereocenters. The summed E-state index contributed by atoms with van der Waals surface area (Å²) in [6.07, 6.45) is 0. The van der Waals surface area contributed by atoms with Crippen LogP contribution in [0, 0.1) is 0 Å². The Labute approximate surface area is 183 Å². The average molecular weight is 434 g/mol. The molecule has 0 fully saturated rings. The monoisotopic (exact) mass is 434 g/mol. The summed E-state index contributed by atoms with van der Waals surface area (Å²) in [5.74, 6) is 1.59. The molecule has 0 spiro atoms. The van der Waals surface area contributed by atoms with Gasteiger partial charge in [-0.3, -0.25) is 0 Å². The molecule has 164 valence electrons. The zero-order valence-electron chi connectivity index (χ0n) is 17.8. The van der Waals surface area contributed by atoms with E-state index >= 15 is 0 Å². The zero-order chi connectivity index (χ0) is 22.7. The molecule has 2 aromatic carbocycles. The van der Waals surface area contributed by atoms with Crippen molar-refractivity contribution in [2.75, 3.05) is 20.8 Å². The predicted octanol–water partition coefficient (Wildman–Crippen LogP) is 2.45. The number of hydrogen-bond donors (Lipinski definition) is 2. The molecule has 4 aromatic rings. The molecule has 0 aliphatic rings. The smallest absolute Gasteiger partial charge is 0.332 e. The van der Waals surface area contributed by atoms with Crippen LogP contribution >= 0.6 is 0 Å². The molecule has 2 aromatic heterocycles. The van der Waals surface area contributed by atoms with Crippen molar-refractivity contribution in [3.8, 4) is 28.6 Å². The Kier molecular flexibility index (Phi) is 5.75. The molecule has 0 saturated heterocycles. The van der Waals surface area contributed by atoms with Crippen LogP contribution in [0.1, 0.15) is 12.6 Å². The van der Waals surface area contributed by atoms with Crippen LogP contribution in [0.3, 0.4) is 0 Å². The Morgan fingerprint density at radius 2 is 1.88 bits per heavy atom. The van der Waals surface area contributed by atoms with Crippen molar-refractivity contribution >= 4 is 17.0 Å². The second-order valence-corrected chi connectivity index (χ2v) is 6.65. The molecular formula is C22H22N6O4. The topological polar surface area (TPSA) is 130 Å².